The van der Waals surface area contributed by atoms with Crippen LogP contribution in [-0.2, 0) is 4.79 Å². The molecule has 1 aromatic carbocycles. The molecule has 0 saturated heterocycles. The first-order chi connectivity index (χ1) is 6.98. The van der Waals surface area contributed by atoms with Crippen LogP contribution >= 0.6 is 11.6 Å². The Labute approximate surface area is 93.6 Å². The number of ether oxygens (including phenoxy) is 1. The fourth-order valence-corrected chi connectivity index (χ4v) is 1.16. The van der Waals surface area contributed by atoms with E-state index in [4.69, 9.17) is 21.4 Å². The van der Waals surface area contributed by atoms with Gasteiger partial charge in [0.25, 0.3) is 0 Å². The first-order valence-corrected chi connectivity index (χ1v) is 5.03. The molecule has 1 atom stereocenters. The van der Waals surface area contributed by atoms with Gasteiger partial charge in [-0.1, -0.05) is 18.5 Å². The first kappa shape index (κ1) is 11.9. The third-order valence-corrected chi connectivity index (χ3v) is 2.54. The molecule has 1 N–H and O–H groups in total. The summed E-state index contributed by atoms with van der Waals surface area (Å²) in [6.07, 6.45) is 0.394. The van der Waals surface area contributed by atoms with E-state index in [1.54, 1.807) is 38.1 Å². The van der Waals surface area contributed by atoms with Crippen molar-refractivity contribution in [1.82, 2.24) is 0 Å². The third-order valence-electron chi connectivity index (χ3n) is 2.28. The molecule has 1 aromatic rings. The Morgan fingerprint density at radius 3 is 2.40 bits per heavy atom. The average molecular weight is 229 g/mol. The highest BCUT2D eigenvalue weighted by Gasteiger charge is 2.33. The Kier molecular flexibility index (Phi) is 3.58. The zero-order valence-electron chi connectivity index (χ0n) is 8.66. The van der Waals surface area contributed by atoms with Gasteiger partial charge in [0, 0.05) is 5.02 Å². The van der Waals surface area contributed by atoms with Gasteiger partial charge in [-0.05, 0) is 37.6 Å². The van der Waals surface area contributed by atoms with Crippen LogP contribution in [0.15, 0.2) is 24.3 Å². The predicted molar refractivity (Wildman–Crippen MR) is 58.4 cm³/mol. The molecule has 0 spiro atoms. The first-order valence-electron chi connectivity index (χ1n) is 4.66. The summed E-state index contributed by atoms with van der Waals surface area (Å²) in [4.78, 5) is 11.0. The van der Waals surface area contributed by atoms with Crippen molar-refractivity contribution >= 4 is 17.6 Å². The van der Waals surface area contributed by atoms with Crippen molar-refractivity contribution in [3.8, 4) is 5.75 Å². The second-order valence-corrected chi connectivity index (χ2v) is 3.88. The minimum absolute atomic E-state index is 0.394. The molecular formula is C11H13ClO3. The topological polar surface area (TPSA) is 46.5 Å². The number of aliphatic carboxylic acids is 1. The van der Waals surface area contributed by atoms with Crippen molar-refractivity contribution in [1.29, 1.82) is 0 Å². The number of hydrogen-bond acceptors (Lipinski definition) is 2. The average Bonchev–Trinajstić information content (AvgIpc) is 2.21. The highest BCUT2D eigenvalue weighted by atomic mass is 35.5. The zero-order valence-corrected chi connectivity index (χ0v) is 9.41. The van der Waals surface area contributed by atoms with E-state index < -0.39 is 11.6 Å². The van der Waals surface area contributed by atoms with Crippen molar-refractivity contribution in [2.75, 3.05) is 0 Å². The number of rotatable bonds is 4. The summed E-state index contributed by atoms with van der Waals surface area (Å²) in [6, 6.07) is 6.63. The normalized spacial score (nSPS) is 14.3. The van der Waals surface area contributed by atoms with Gasteiger partial charge in [0.15, 0.2) is 0 Å². The Balaban J connectivity index is 2.84. The lowest BCUT2D eigenvalue weighted by Gasteiger charge is -2.24. The molecule has 0 fully saturated rings. The molecule has 0 aliphatic carbocycles. The molecule has 0 aromatic heterocycles. The Morgan fingerprint density at radius 2 is 2.00 bits per heavy atom. The summed E-state index contributed by atoms with van der Waals surface area (Å²) >= 11 is 5.71. The molecule has 82 valence electrons. The van der Waals surface area contributed by atoms with Crippen molar-refractivity contribution in [3.63, 3.8) is 0 Å². The summed E-state index contributed by atoms with van der Waals surface area (Å²) in [6.45, 7) is 3.31. The minimum Gasteiger partial charge on any atom is -0.478 e. The van der Waals surface area contributed by atoms with Gasteiger partial charge >= 0.3 is 5.97 Å². The second-order valence-electron chi connectivity index (χ2n) is 3.45. The molecule has 0 bridgehead atoms. The van der Waals surface area contributed by atoms with Gasteiger partial charge in [0.05, 0.1) is 0 Å². The Morgan fingerprint density at radius 1 is 1.47 bits per heavy atom. The molecule has 0 aliphatic rings. The second kappa shape index (κ2) is 4.53. The lowest BCUT2D eigenvalue weighted by Crippen LogP contribution is -2.40. The number of hydrogen-bond donors (Lipinski definition) is 1. The number of carboxylic acids is 1. The molecule has 0 aliphatic heterocycles. The molecule has 0 radical (unpaired) electrons. The van der Waals surface area contributed by atoms with E-state index in [0.717, 1.165) is 0 Å². The lowest BCUT2D eigenvalue weighted by atomic mass is 10.0. The minimum atomic E-state index is -1.19. The van der Waals surface area contributed by atoms with E-state index in [-0.39, 0.29) is 0 Å². The van der Waals surface area contributed by atoms with E-state index in [2.05, 4.69) is 0 Å². The summed E-state index contributed by atoms with van der Waals surface area (Å²) < 4.78 is 5.41. The van der Waals surface area contributed by atoms with Gasteiger partial charge in [-0.2, -0.15) is 0 Å². The number of benzene rings is 1. The Hall–Kier alpha value is -1.22. The van der Waals surface area contributed by atoms with Gasteiger partial charge in [-0.25, -0.2) is 4.79 Å². The van der Waals surface area contributed by atoms with Crippen molar-refractivity contribution in [3.05, 3.63) is 29.3 Å². The molecule has 0 heterocycles. The molecular weight excluding hydrogens is 216 g/mol. The maximum atomic E-state index is 11.0. The predicted octanol–water partition coefficient (Wildman–Crippen LogP) is 2.97. The highest BCUT2D eigenvalue weighted by Crippen LogP contribution is 2.23. The van der Waals surface area contributed by atoms with Crippen LogP contribution in [0.5, 0.6) is 5.75 Å². The highest BCUT2D eigenvalue weighted by molar-refractivity contribution is 6.30. The van der Waals surface area contributed by atoms with Crippen LogP contribution < -0.4 is 4.74 Å². The number of carboxylic acid groups (broad SMARTS) is 1. The third kappa shape index (κ3) is 2.86. The fraction of sp³-hybridized carbons (Fsp3) is 0.364. The van der Waals surface area contributed by atoms with Gasteiger partial charge in [0.2, 0.25) is 5.60 Å². The molecule has 0 amide bonds. The molecule has 0 saturated carbocycles. The fourth-order valence-electron chi connectivity index (χ4n) is 1.03. The van der Waals surface area contributed by atoms with E-state index in [0.29, 0.717) is 17.2 Å². The van der Waals surface area contributed by atoms with E-state index >= 15 is 0 Å². The van der Waals surface area contributed by atoms with Gasteiger partial charge in [-0.15, -0.1) is 0 Å². The van der Waals surface area contributed by atoms with E-state index in [9.17, 15) is 4.79 Å². The van der Waals surface area contributed by atoms with Crippen LogP contribution in [0.4, 0.5) is 0 Å². The van der Waals surface area contributed by atoms with Gasteiger partial charge in [-0.3, -0.25) is 0 Å². The summed E-state index contributed by atoms with van der Waals surface area (Å²) in [5.74, 6) is -0.467. The largest absolute Gasteiger partial charge is 0.478 e. The zero-order chi connectivity index (χ0) is 11.5. The van der Waals surface area contributed by atoms with Gasteiger partial charge in [0.1, 0.15) is 5.75 Å². The quantitative estimate of drug-likeness (QED) is 0.862. The van der Waals surface area contributed by atoms with Crippen LogP contribution in [0, 0.1) is 0 Å². The van der Waals surface area contributed by atoms with E-state index in [1.165, 1.54) is 0 Å². The number of halogens is 1. The van der Waals surface area contributed by atoms with Crippen molar-refractivity contribution in [2.24, 2.45) is 0 Å². The maximum absolute atomic E-state index is 11.0. The monoisotopic (exact) mass is 228 g/mol. The Bertz CT molecular complexity index is 347. The molecule has 15 heavy (non-hydrogen) atoms. The van der Waals surface area contributed by atoms with Crippen LogP contribution in [0.3, 0.4) is 0 Å². The van der Waals surface area contributed by atoms with Crippen LogP contribution in [0.25, 0.3) is 0 Å². The van der Waals surface area contributed by atoms with Crippen LogP contribution in [0.2, 0.25) is 5.02 Å². The summed E-state index contributed by atoms with van der Waals surface area (Å²) in [7, 11) is 0. The van der Waals surface area contributed by atoms with Crippen LogP contribution in [0.1, 0.15) is 20.3 Å². The SMILES string of the molecule is CCC(C)(Oc1ccc(Cl)cc1)C(=O)O. The van der Waals surface area contributed by atoms with Crippen molar-refractivity contribution < 1.29 is 14.6 Å². The van der Waals surface area contributed by atoms with Crippen LogP contribution in [-0.4, -0.2) is 16.7 Å². The number of carbonyl (C=O) groups is 1. The molecule has 3 nitrogen and oxygen atoms in total. The molecule has 1 rings (SSSR count). The van der Waals surface area contributed by atoms with Gasteiger partial charge < -0.3 is 9.84 Å². The van der Waals surface area contributed by atoms with E-state index in [1.807, 2.05) is 0 Å². The molecule has 4 heteroatoms. The molecule has 1 unspecified atom stereocenters. The smallest absolute Gasteiger partial charge is 0.347 e. The summed E-state index contributed by atoms with van der Waals surface area (Å²) in [5, 5.41) is 9.59. The van der Waals surface area contributed by atoms with Crippen molar-refractivity contribution in [2.45, 2.75) is 25.9 Å². The summed E-state index contributed by atoms with van der Waals surface area (Å²) in [5.41, 5.74) is -1.19. The maximum Gasteiger partial charge on any atom is 0.347 e. The lowest BCUT2D eigenvalue weighted by molar-refractivity contribution is -0.154. The standard InChI is InChI=1S/C11H13ClO3/c1-3-11(2,10(13)14)15-9-6-4-8(12)5-7-9/h4-7H,3H2,1-2H3,(H,13,14).